The zero-order valence-corrected chi connectivity index (χ0v) is 18.3. The Balaban J connectivity index is 1.50. The van der Waals surface area contributed by atoms with Crippen LogP contribution in [-0.4, -0.2) is 26.0 Å². The van der Waals surface area contributed by atoms with E-state index in [-0.39, 0.29) is 10.9 Å². The van der Waals surface area contributed by atoms with Crippen LogP contribution in [-0.2, 0) is 6.42 Å². The Kier molecular flexibility index (Phi) is 6.29. The predicted molar refractivity (Wildman–Crippen MR) is 125 cm³/mol. The topological polar surface area (TPSA) is 85.0 Å². The predicted octanol–water partition coefficient (Wildman–Crippen LogP) is 5.14. The molecule has 0 fully saturated rings. The molecular formula is C22H20ClN5O2S. The highest BCUT2D eigenvalue weighted by Gasteiger charge is 2.13. The Morgan fingerprint density at radius 3 is 2.58 bits per heavy atom. The number of hydrogen-bond donors (Lipinski definition) is 2. The molecule has 7 nitrogen and oxygen atoms in total. The number of unbranched alkanes of at least 4 members (excludes halogenated alkanes) is 1. The van der Waals surface area contributed by atoms with Gasteiger partial charge in [-0.2, -0.15) is 4.80 Å². The van der Waals surface area contributed by atoms with E-state index in [0.717, 1.165) is 12.1 Å². The number of nitrogens with zero attached hydrogens (tertiary/aromatic N) is 3. The maximum atomic E-state index is 12.1. The van der Waals surface area contributed by atoms with Crippen LogP contribution in [0.2, 0.25) is 5.02 Å². The molecule has 0 saturated heterocycles. The second-order valence-electron chi connectivity index (χ2n) is 6.97. The summed E-state index contributed by atoms with van der Waals surface area (Å²) >= 11 is 11.6. The minimum Gasteiger partial charge on any atom is -0.459 e. The summed E-state index contributed by atoms with van der Waals surface area (Å²) in [6.07, 6.45) is 4.81. The number of halogens is 1. The highest BCUT2D eigenvalue weighted by atomic mass is 35.5. The largest absolute Gasteiger partial charge is 0.459 e. The summed E-state index contributed by atoms with van der Waals surface area (Å²) in [4.78, 5) is 13.6. The van der Waals surface area contributed by atoms with E-state index >= 15 is 0 Å². The Morgan fingerprint density at radius 1 is 1.16 bits per heavy atom. The number of hydrogen-bond acceptors (Lipinski definition) is 5. The second kappa shape index (κ2) is 9.28. The number of anilines is 1. The van der Waals surface area contributed by atoms with Gasteiger partial charge in [-0.25, -0.2) is 0 Å². The van der Waals surface area contributed by atoms with Gasteiger partial charge in [0.2, 0.25) is 0 Å². The highest BCUT2D eigenvalue weighted by Crippen LogP contribution is 2.27. The molecule has 4 rings (SSSR count). The fourth-order valence-corrected chi connectivity index (χ4v) is 3.46. The van der Waals surface area contributed by atoms with Crippen molar-refractivity contribution in [3.63, 3.8) is 0 Å². The van der Waals surface area contributed by atoms with Gasteiger partial charge >= 0.3 is 0 Å². The third kappa shape index (κ3) is 4.92. The monoisotopic (exact) mass is 453 g/mol. The smallest absolute Gasteiger partial charge is 0.293 e. The van der Waals surface area contributed by atoms with Gasteiger partial charge in [0.1, 0.15) is 11.0 Å². The number of carbonyl (C=O) groups excluding carboxylic acids is 1. The van der Waals surface area contributed by atoms with Gasteiger partial charge in [-0.1, -0.05) is 37.1 Å². The number of carbonyl (C=O) groups is 1. The molecule has 0 radical (unpaired) electrons. The van der Waals surface area contributed by atoms with E-state index in [1.165, 1.54) is 24.7 Å². The number of aromatic nitrogens is 3. The lowest BCUT2D eigenvalue weighted by atomic mass is 10.1. The van der Waals surface area contributed by atoms with Crippen LogP contribution in [0.1, 0.15) is 35.9 Å². The number of furan rings is 1. The molecule has 1 amide bonds. The van der Waals surface area contributed by atoms with E-state index in [0.29, 0.717) is 21.7 Å². The van der Waals surface area contributed by atoms with E-state index < -0.39 is 5.91 Å². The summed E-state index contributed by atoms with van der Waals surface area (Å²) in [6.45, 7) is 2.18. The van der Waals surface area contributed by atoms with Gasteiger partial charge in [0, 0.05) is 0 Å². The maximum absolute atomic E-state index is 12.1. The number of amides is 1. The second-order valence-corrected chi connectivity index (χ2v) is 7.78. The van der Waals surface area contributed by atoms with Crippen LogP contribution in [0, 0.1) is 0 Å². The van der Waals surface area contributed by atoms with Gasteiger partial charge in [0.25, 0.3) is 5.91 Å². The Hall–Kier alpha value is -3.23. The van der Waals surface area contributed by atoms with Crippen molar-refractivity contribution in [2.45, 2.75) is 26.2 Å². The van der Waals surface area contributed by atoms with E-state index in [4.69, 9.17) is 28.2 Å². The standard InChI is InChI=1S/C22H20ClN5O2S/c1-2-3-5-14-7-9-15(10-8-14)28-26-18-12-16(23)17(13-19(18)27-28)24-22(31)25-21(29)20-6-4-11-30-20/h4,6-13H,2-3,5H2,1H3,(H2,24,25,29,31). The van der Waals surface area contributed by atoms with Crippen LogP contribution in [0.5, 0.6) is 0 Å². The molecular weight excluding hydrogens is 434 g/mol. The SMILES string of the molecule is CCCCc1ccc(-n2nc3cc(Cl)c(NC(=S)NC(=O)c4ccco4)cc3n2)cc1. The molecule has 2 heterocycles. The Labute approximate surface area is 189 Å². The average molecular weight is 454 g/mol. The quantitative estimate of drug-likeness (QED) is 0.393. The van der Waals surface area contributed by atoms with Crippen molar-refractivity contribution in [1.29, 1.82) is 0 Å². The first-order valence-electron chi connectivity index (χ1n) is 9.85. The lowest BCUT2D eigenvalue weighted by molar-refractivity contribution is 0.0950. The van der Waals surface area contributed by atoms with Gasteiger partial charge in [-0.05, 0) is 67.0 Å². The zero-order valence-electron chi connectivity index (χ0n) is 16.8. The molecule has 0 bridgehead atoms. The van der Waals surface area contributed by atoms with Gasteiger partial charge < -0.3 is 9.73 Å². The first kappa shape index (κ1) is 21.0. The summed E-state index contributed by atoms with van der Waals surface area (Å²) in [5, 5.41) is 15.0. The number of nitrogens with one attached hydrogen (secondary N) is 2. The molecule has 0 aliphatic carbocycles. The molecule has 0 atom stereocenters. The van der Waals surface area contributed by atoms with Crippen LogP contribution >= 0.6 is 23.8 Å². The first-order valence-corrected chi connectivity index (χ1v) is 10.6. The minimum atomic E-state index is -0.451. The normalized spacial score (nSPS) is 10.9. The molecule has 0 aliphatic heterocycles. The molecule has 158 valence electrons. The van der Waals surface area contributed by atoms with E-state index in [9.17, 15) is 4.79 Å². The van der Waals surface area contributed by atoms with Gasteiger partial charge in [-0.15, -0.1) is 10.2 Å². The Bertz CT molecular complexity index is 1220. The van der Waals surface area contributed by atoms with Crippen LogP contribution in [0.3, 0.4) is 0 Å². The molecule has 0 saturated carbocycles. The Morgan fingerprint density at radius 2 is 1.90 bits per heavy atom. The van der Waals surface area contributed by atoms with Gasteiger partial charge in [-0.3, -0.25) is 10.1 Å². The molecule has 31 heavy (non-hydrogen) atoms. The number of benzene rings is 2. The van der Waals surface area contributed by atoms with E-state index in [2.05, 4.69) is 39.9 Å². The molecule has 4 aromatic rings. The summed E-state index contributed by atoms with van der Waals surface area (Å²) in [7, 11) is 0. The van der Waals surface area contributed by atoms with Crippen molar-refractivity contribution in [3.8, 4) is 5.69 Å². The molecule has 2 aromatic carbocycles. The number of rotatable bonds is 6. The number of thiocarbonyl (C=S) groups is 1. The molecule has 0 unspecified atom stereocenters. The fourth-order valence-electron chi connectivity index (χ4n) is 3.05. The van der Waals surface area contributed by atoms with Gasteiger partial charge in [0.15, 0.2) is 10.9 Å². The van der Waals surface area contributed by atoms with Crippen molar-refractivity contribution in [1.82, 2.24) is 20.3 Å². The van der Waals surface area contributed by atoms with Crippen molar-refractivity contribution in [3.05, 3.63) is 71.1 Å². The lowest BCUT2D eigenvalue weighted by Crippen LogP contribution is -2.33. The van der Waals surface area contributed by atoms with Crippen LogP contribution in [0.15, 0.2) is 59.2 Å². The van der Waals surface area contributed by atoms with Crippen LogP contribution in [0.25, 0.3) is 16.7 Å². The highest BCUT2D eigenvalue weighted by molar-refractivity contribution is 7.80. The minimum absolute atomic E-state index is 0.0951. The zero-order chi connectivity index (χ0) is 21.8. The molecule has 2 N–H and O–H groups in total. The van der Waals surface area contributed by atoms with E-state index in [1.54, 1.807) is 29.1 Å². The third-order valence-corrected chi connectivity index (χ3v) is 5.19. The number of fused-ring (bicyclic) bond motifs is 1. The van der Waals surface area contributed by atoms with Crippen molar-refractivity contribution in [2.24, 2.45) is 0 Å². The average Bonchev–Trinajstić information content (AvgIpc) is 3.43. The molecule has 0 spiro atoms. The molecule has 2 aromatic heterocycles. The summed E-state index contributed by atoms with van der Waals surface area (Å²) in [6, 6.07) is 14.8. The fraction of sp³-hybridized carbons (Fsp3) is 0.182. The van der Waals surface area contributed by atoms with Crippen molar-refractivity contribution in [2.75, 3.05) is 5.32 Å². The summed E-state index contributed by atoms with van der Waals surface area (Å²) < 4.78 is 5.05. The number of aryl methyl sites for hydroxylation is 1. The van der Waals surface area contributed by atoms with Crippen LogP contribution in [0.4, 0.5) is 5.69 Å². The summed E-state index contributed by atoms with van der Waals surface area (Å²) in [5.74, 6) is -0.289. The molecule has 9 heteroatoms. The van der Waals surface area contributed by atoms with Gasteiger partial charge in [0.05, 0.1) is 22.7 Å². The lowest BCUT2D eigenvalue weighted by Gasteiger charge is -2.09. The third-order valence-electron chi connectivity index (χ3n) is 4.68. The first-order chi connectivity index (χ1) is 15.0. The maximum Gasteiger partial charge on any atom is 0.293 e. The molecule has 0 aliphatic rings. The van der Waals surface area contributed by atoms with Crippen LogP contribution < -0.4 is 10.6 Å². The van der Waals surface area contributed by atoms with Crippen molar-refractivity contribution >= 4 is 51.6 Å². The van der Waals surface area contributed by atoms with E-state index in [1.807, 2.05) is 12.1 Å². The summed E-state index contributed by atoms with van der Waals surface area (Å²) in [5.41, 5.74) is 3.96. The van der Waals surface area contributed by atoms with Crippen molar-refractivity contribution < 1.29 is 9.21 Å².